The molecule has 138 valence electrons. The molecule has 0 saturated carbocycles. The highest BCUT2D eigenvalue weighted by molar-refractivity contribution is 5.76. The number of ether oxygens (including phenoxy) is 4. The summed E-state index contributed by atoms with van der Waals surface area (Å²) >= 11 is 0. The maximum atomic E-state index is 12.1. The molecule has 7 heteroatoms. The molecule has 2 aromatic carbocycles. The third kappa shape index (κ3) is 4.18. The van der Waals surface area contributed by atoms with Crippen molar-refractivity contribution in [2.24, 2.45) is 0 Å². The van der Waals surface area contributed by atoms with Crippen molar-refractivity contribution in [3.8, 4) is 23.0 Å². The Morgan fingerprint density at radius 1 is 0.885 bits per heavy atom. The fraction of sp³-hybridized carbons (Fsp3) is 0.316. The number of esters is 1. The first-order valence-corrected chi connectivity index (χ1v) is 8.12. The summed E-state index contributed by atoms with van der Waals surface area (Å²) in [5.74, 6) is 2.21. The zero-order valence-corrected chi connectivity index (χ0v) is 14.9. The lowest BCUT2D eigenvalue weighted by atomic mass is 10.2. The molecule has 1 aliphatic heterocycles. The molecule has 7 nitrogen and oxygen atoms in total. The average molecular weight is 359 g/mol. The second-order valence-corrected chi connectivity index (χ2v) is 5.67. The van der Waals surface area contributed by atoms with Gasteiger partial charge < -0.3 is 23.8 Å². The molecule has 1 unspecified atom stereocenters. The van der Waals surface area contributed by atoms with E-state index in [1.165, 1.54) is 7.11 Å². The highest BCUT2D eigenvalue weighted by Crippen LogP contribution is 2.29. The number of hydrogen-bond donors (Lipinski definition) is 0. The van der Waals surface area contributed by atoms with Crippen molar-refractivity contribution in [1.29, 1.82) is 0 Å². The Kier molecular flexibility index (Phi) is 5.48. The summed E-state index contributed by atoms with van der Waals surface area (Å²) in [6.45, 7) is 0.557. The van der Waals surface area contributed by atoms with Crippen molar-refractivity contribution in [3.63, 3.8) is 0 Å². The second-order valence-electron chi connectivity index (χ2n) is 5.67. The number of carbonyl (C=O) groups excluding carboxylic acids is 1. The van der Waals surface area contributed by atoms with Gasteiger partial charge >= 0.3 is 5.97 Å². The summed E-state index contributed by atoms with van der Waals surface area (Å²) < 4.78 is 20.9. The lowest BCUT2D eigenvalue weighted by molar-refractivity contribution is -0.150. The third-order valence-electron chi connectivity index (χ3n) is 3.99. The molecule has 0 N–H and O–H groups in total. The Balaban J connectivity index is 1.63. The van der Waals surface area contributed by atoms with Gasteiger partial charge in [-0.3, -0.25) is 0 Å². The molecule has 1 fully saturated rings. The minimum Gasteiger partial charge on any atom is -0.497 e. The third-order valence-corrected chi connectivity index (χ3v) is 3.99. The molecule has 3 atom stereocenters. The fourth-order valence-corrected chi connectivity index (χ4v) is 2.46. The first kappa shape index (κ1) is 17.9. The van der Waals surface area contributed by atoms with E-state index >= 15 is 0 Å². The topological polar surface area (TPSA) is 66.2 Å². The maximum absolute atomic E-state index is 12.1. The van der Waals surface area contributed by atoms with Gasteiger partial charge in [0.25, 0.3) is 0 Å². The smallest absolute Gasteiger partial charge is 0.348 e. The van der Waals surface area contributed by atoms with E-state index < -0.39 is 12.1 Å². The molecule has 0 aliphatic carbocycles. The van der Waals surface area contributed by atoms with E-state index in [1.807, 2.05) is 0 Å². The number of rotatable bonds is 8. The van der Waals surface area contributed by atoms with E-state index in [9.17, 15) is 4.79 Å². The van der Waals surface area contributed by atoms with E-state index in [4.69, 9.17) is 23.8 Å². The monoisotopic (exact) mass is 359 g/mol. The minimum absolute atomic E-state index is 0.230. The van der Waals surface area contributed by atoms with E-state index in [-0.39, 0.29) is 6.04 Å². The van der Waals surface area contributed by atoms with Gasteiger partial charge in [0, 0.05) is 0 Å². The van der Waals surface area contributed by atoms with Crippen LogP contribution >= 0.6 is 0 Å². The van der Waals surface area contributed by atoms with Gasteiger partial charge in [0.2, 0.25) is 6.10 Å². The summed E-state index contributed by atoms with van der Waals surface area (Å²) in [4.78, 5) is 17.9. The molecule has 1 saturated heterocycles. The van der Waals surface area contributed by atoms with Gasteiger partial charge in [-0.15, -0.1) is 5.06 Å². The molecule has 1 heterocycles. The van der Waals surface area contributed by atoms with E-state index in [0.29, 0.717) is 23.8 Å². The number of carbonyl (C=O) groups is 1. The molecule has 0 aromatic heterocycles. The Bertz CT molecular complexity index is 731. The van der Waals surface area contributed by atoms with Crippen LogP contribution in [-0.4, -0.2) is 51.1 Å². The molecule has 0 bridgehead atoms. The molecule has 0 amide bonds. The standard InChI is InChI=1S/C19H21NO6/c1-22-13-4-8-15(9-5-13)25-18(19(21)24-3)17-12-20(17)26-16-10-6-14(23-2)7-11-16/h4-11,17-18H,12H2,1-3H3/t17-,18+,20?/m1/s1. The van der Waals surface area contributed by atoms with Gasteiger partial charge in [0.1, 0.15) is 29.0 Å². The molecular weight excluding hydrogens is 338 g/mol. The fourth-order valence-electron chi connectivity index (χ4n) is 2.46. The molecule has 2 aromatic rings. The van der Waals surface area contributed by atoms with Crippen molar-refractivity contribution >= 4 is 5.97 Å². The van der Waals surface area contributed by atoms with Crippen LogP contribution in [0.15, 0.2) is 48.5 Å². The van der Waals surface area contributed by atoms with Gasteiger partial charge in [0.15, 0.2) is 0 Å². The Morgan fingerprint density at radius 3 is 1.88 bits per heavy atom. The molecule has 0 radical (unpaired) electrons. The normalized spacial score (nSPS) is 19.2. The minimum atomic E-state index is -0.786. The zero-order valence-electron chi connectivity index (χ0n) is 14.9. The summed E-state index contributed by atoms with van der Waals surface area (Å²) in [6.07, 6.45) is -0.786. The summed E-state index contributed by atoms with van der Waals surface area (Å²) in [7, 11) is 4.53. The highest BCUT2D eigenvalue weighted by atomic mass is 16.7. The van der Waals surface area contributed by atoms with Gasteiger partial charge in [-0.1, -0.05) is 0 Å². The second kappa shape index (κ2) is 7.97. The predicted molar refractivity (Wildman–Crippen MR) is 93.5 cm³/mol. The number of benzene rings is 2. The molecule has 0 spiro atoms. The van der Waals surface area contributed by atoms with Crippen LogP contribution in [0.5, 0.6) is 23.0 Å². The summed E-state index contributed by atoms with van der Waals surface area (Å²) in [6, 6.07) is 14.0. The maximum Gasteiger partial charge on any atom is 0.348 e. The quantitative estimate of drug-likeness (QED) is 0.529. The van der Waals surface area contributed by atoms with E-state index in [2.05, 4.69) is 0 Å². The van der Waals surface area contributed by atoms with E-state index in [0.717, 1.165) is 5.75 Å². The van der Waals surface area contributed by atoms with Crippen LogP contribution in [0.3, 0.4) is 0 Å². The van der Waals surface area contributed by atoms with Gasteiger partial charge in [-0.25, -0.2) is 4.79 Å². The Labute approximate surface area is 151 Å². The largest absolute Gasteiger partial charge is 0.497 e. The van der Waals surface area contributed by atoms with Crippen molar-refractivity contribution < 1.29 is 28.6 Å². The van der Waals surface area contributed by atoms with Gasteiger partial charge in [-0.05, 0) is 48.5 Å². The number of nitrogens with zero attached hydrogens (tertiary/aromatic N) is 1. The van der Waals surface area contributed by atoms with Crippen molar-refractivity contribution in [1.82, 2.24) is 5.06 Å². The first-order chi connectivity index (χ1) is 12.6. The molecule has 3 rings (SSSR count). The van der Waals surface area contributed by atoms with Crippen LogP contribution in [0.4, 0.5) is 0 Å². The number of methoxy groups -OCH3 is 3. The lowest BCUT2D eigenvalue weighted by Crippen LogP contribution is -2.36. The Morgan fingerprint density at radius 2 is 1.38 bits per heavy atom. The van der Waals surface area contributed by atoms with Gasteiger partial charge in [-0.2, -0.15) is 0 Å². The first-order valence-electron chi connectivity index (χ1n) is 8.12. The zero-order chi connectivity index (χ0) is 18.5. The number of hydroxylamine groups is 2. The molecular formula is C19H21NO6. The van der Waals surface area contributed by atoms with Crippen LogP contribution in [0, 0.1) is 0 Å². The van der Waals surface area contributed by atoms with Crippen LogP contribution in [0.25, 0.3) is 0 Å². The van der Waals surface area contributed by atoms with Crippen molar-refractivity contribution in [2.75, 3.05) is 27.9 Å². The van der Waals surface area contributed by atoms with Gasteiger partial charge in [0.05, 0.1) is 27.9 Å². The van der Waals surface area contributed by atoms with Crippen LogP contribution in [0.1, 0.15) is 0 Å². The predicted octanol–water partition coefficient (Wildman–Crippen LogP) is 2.30. The van der Waals surface area contributed by atoms with E-state index in [1.54, 1.807) is 67.8 Å². The summed E-state index contributed by atoms with van der Waals surface area (Å²) in [5, 5.41) is 1.67. The SMILES string of the molecule is COC(=O)[C@@H](Oc1ccc(OC)cc1)[C@H]1CN1Oc1ccc(OC)cc1. The lowest BCUT2D eigenvalue weighted by Gasteiger charge is -2.17. The average Bonchev–Trinajstić information content (AvgIpc) is 3.45. The summed E-state index contributed by atoms with van der Waals surface area (Å²) in [5.41, 5.74) is 0. The number of hydrogen-bond acceptors (Lipinski definition) is 7. The highest BCUT2D eigenvalue weighted by Gasteiger charge is 2.49. The molecule has 26 heavy (non-hydrogen) atoms. The van der Waals surface area contributed by atoms with Crippen LogP contribution in [0.2, 0.25) is 0 Å². The Hall–Kier alpha value is -2.93. The van der Waals surface area contributed by atoms with Crippen molar-refractivity contribution in [2.45, 2.75) is 12.1 Å². The van der Waals surface area contributed by atoms with Crippen LogP contribution in [-0.2, 0) is 9.53 Å². The van der Waals surface area contributed by atoms with Crippen LogP contribution < -0.4 is 19.0 Å². The molecule has 1 aliphatic rings. The van der Waals surface area contributed by atoms with Crippen molar-refractivity contribution in [3.05, 3.63) is 48.5 Å².